The molecule has 0 amide bonds. The van der Waals surface area contributed by atoms with Gasteiger partial charge in [0.1, 0.15) is 10.4 Å². The van der Waals surface area contributed by atoms with Crippen molar-refractivity contribution in [2.24, 2.45) is 0 Å². The Morgan fingerprint density at radius 1 is 1.09 bits per heavy atom. The molecule has 12 heteroatoms. The van der Waals surface area contributed by atoms with Gasteiger partial charge in [0.15, 0.2) is 0 Å². The Morgan fingerprint density at radius 2 is 1.64 bits per heavy atom. The third kappa shape index (κ3) is 2.65. The Morgan fingerprint density at radius 3 is 2.09 bits per heavy atom. The molecule has 0 spiro atoms. The highest BCUT2D eigenvalue weighted by Crippen LogP contribution is 2.43. The van der Waals surface area contributed by atoms with E-state index in [2.05, 4.69) is 4.98 Å². The summed E-state index contributed by atoms with van der Waals surface area (Å²) in [5.74, 6) is -1.40. The topological polar surface area (TPSA) is 66.1 Å². The van der Waals surface area contributed by atoms with Crippen molar-refractivity contribution in [3.8, 4) is 0 Å². The molecule has 1 heterocycles. The lowest BCUT2D eigenvalue weighted by molar-refractivity contribution is -0.144. The van der Waals surface area contributed by atoms with Crippen molar-refractivity contribution in [1.82, 2.24) is 14.3 Å². The minimum atomic E-state index is -4.82. The lowest BCUT2D eigenvalue weighted by Crippen LogP contribution is -2.23. The van der Waals surface area contributed by atoms with Crippen molar-refractivity contribution in [2.75, 3.05) is 14.1 Å². The summed E-state index contributed by atoms with van der Waals surface area (Å²) in [6, 6.07) is 0. The lowest BCUT2D eigenvalue weighted by atomic mass is 10.3. The largest absolute Gasteiger partial charge is 0.449 e. The van der Waals surface area contributed by atoms with Gasteiger partial charge in [0, 0.05) is 14.1 Å². The zero-order valence-corrected chi connectivity index (χ0v) is 14.0. The van der Waals surface area contributed by atoms with Gasteiger partial charge in [0.05, 0.1) is 20.6 Å². The molecule has 2 rings (SSSR count). The van der Waals surface area contributed by atoms with Gasteiger partial charge in [-0.3, -0.25) is 0 Å². The number of halogens is 6. The van der Waals surface area contributed by atoms with Gasteiger partial charge in [-0.05, 0) is 0 Å². The number of sulfonamides is 1. The van der Waals surface area contributed by atoms with E-state index in [4.69, 9.17) is 34.8 Å². The molecule has 2 aromatic rings. The molecule has 1 aromatic heterocycles. The molecular weight excluding hydrogens is 390 g/mol. The van der Waals surface area contributed by atoms with Crippen molar-refractivity contribution in [3.05, 3.63) is 20.9 Å². The molecule has 5 nitrogen and oxygen atoms in total. The van der Waals surface area contributed by atoms with Gasteiger partial charge in [-0.1, -0.05) is 34.8 Å². The average Bonchev–Trinajstić information content (AvgIpc) is 2.80. The van der Waals surface area contributed by atoms with Crippen LogP contribution in [-0.2, 0) is 16.2 Å². The number of nitrogens with zero attached hydrogens (tertiary/aromatic N) is 2. The van der Waals surface area contributed by atoms with Gasteiger partial charge in [0.2, 0.25) is 15.8 Å². The van der Waals surface area contributed by atoms with Gasteiger partial charge in [-0.25, -0.2) is 17.7 Å². The quantitative estimate of drug-likeness (QED) is 0.785. The van der Waals surface area contributed by atoms with E-state index >= 15 is 0 Å². The first kappa shape index (κ1) is 17.6. The highest BCUT2D eigenvalue weighted by molar-refractivity contribution is 7.89. The van der Waals surface area contributed by atoms with Crippen molar-refractivity contribution < 1.29 is 21.6 Å². The van der Waals surface area contributed by atoms with Gasteiger partial charge in [-0.15, -0.1) is 0 Å². The summed E-state index contributed by atoms with van der Waals surface area (Å²) in [6.07, 6.45) is -4.82. The number of imidazole rings is 1. The van der Waals surface area contributed by atoms with E-state index in [1.807, 2.05) is 4.98 Å². The summed E-state index contributed by atoms with van der Waals surface area (Å²) in [7, 11) is -1.81. The first-order chi connectivity index (χ1) is 9.89. The summed E-state index contributed by atoms with van der Waals surface area (Å²) in [5.41, 5.74) is -0.885. The molecule has 0 saturated carbocycles. The second kappa shape index (κ2) is 5.41. The molecule has 0 aliphatic heterocycles. The van der Waals surface area contributed by atoms with Crippen LogP contribution in [0.2, 0.25) is 15.1 Å². The standard InChI is InChI=1S/C10H7Cl3F3N3O2S/c1-19(2)22(20,21)8-5(13)3(11)4(12)6-7(8)18-9(17-6)10(14,15)16/h1-2H3,(H,17,18). The van der Waals surface area contributed by atoms with Crippen molar-refractivity contribution in [1.29, 1.82) is 0 Å². The fourth-order valence-electron chi connectivity index (χ4n) is 1.66. The molecule has 122 valence electrons. The third-order valence-corrected chi connectivity index (χ3v) is 6.04. The van der Waals surface area contributed by atoms with Crippen LogP contribution < -0.4 is 0 Å². The fraction of sp³-hybridized carbons (Fsp3) is 0.300. The summed E-state index contributed by atoms with van der Waals surface area (Å²) in [4.78, 5) is 4.57. The van der Waals surface area contributed by atoms with Crippen LogP contribution in [0, 0.1) is 0 Å². The van der Waals surface area contributed by atoms with Crippen LogP contribution >= 0.6 is 34.8 Å². The first-order valence-corrected chi connectivity index (χ1v) is 8.02. The van der Waals surface area contributed by atoms with Crippen LogP contribution in [-0.4, -0.2) is 36.8 Å². The number of nitrogens with one attached hydrogen (secondary N) is 1. The SMILES string of the molecule is CN(C)S(=O)(=O)c1c(Cl)c(Cl)c(Cl)c2[nH]c(C(F)(F)F)nc12. The molecule has 0 fully saturated rings. The van der Waals surface area contributed by atoms with Crippen LogP contribution in [0.5, 0.6) is 0 Å². The molecule has 0 radical (unpaired) electrons. The maximum absolute atomic E-state index is 12.8. The van der Waals surface area contributed by atoms with E-state index in [9.17, 15) is 21.6 Å². The zero-order chi connectivity index (χ0) is 17.0. The number of hydrogen-bond donors (Lipinski definition) is 1. The fourth-order valence-corrected chi connectivity index (χ4v) is 3.75. The van der Waals surface area contributed by atoms with Crippen molar-refractivity contribution in [2.45, 2.75) is 11.1 Å². The Balaban J connectivity index is 3.01. The second-order valence-electron chi connectivity index (χ2n) is 4.37. The first-order valence-electron chi connectivity index (χ1n) is 5.45. The Bertz CT molecular complexity index is 862. The number of aromatic nitrogens is 2. The molecular formula is C10H7Cl3F3N3O2S. The molecule has 1 N–H and O–H groups in total. The van der Waals surface area contributed by atoms with Gasteiger partial charge < -0.3 is 4.98 Å². The van der Waals surface area contributed by atoms with Crippen LogP contribution in [0.3, 0.4) is 0 Å². The van der Waals surface area contributed by atoms with E-state index in [0.717, 1.165) is 4.31 Å². The van der Waals surface area contributed by atoms with Crippen molar-refractivity contribution >= 4 is 55.9 Å². The molecule has 0 aliphatic carbocycles. The molecule has 0 atom stereocenters. The Kier molecular flexibility index (Phi) is 4.33. The Labute approximate surface area is 138 Å². The third-order valence-electron chi connectivity index (χ3n) is 2.73. The van der Waals surface area contributed by atoms with E-state index in [-0.39, 0.29) is 15.6 Å². The minimum Gasteiger partial charge on any atom is -0.333 e. The van der Waals surface area contributed by atoms with Crippen LogP contribution in [0.25, 0.3) is 11.0 Å². The van der Waals surface area contributed by atoms with E-state index in [1.165, 1.54) is 14.1 Å². The summed E-state index contributed by atoms with van der Waals surface area (Å²) < 4.78 is 63.7. The highest BCUT2D eigenvalue weighted by Gasteiger charge is 2.38. The monoisotopic (exact) mass is 395 g/mol. The number of hydrogen-bond acceptors (Lipinski definition) is 3. The molecule has 22 heavy (non-hydrogen) atoms. The van der Waals surface area contributed by atoms with Crippen LogP contribution in [0.1, 0.15) is 5.82 Å². The van der Waals surface area contributed by atoms with Crippen LogP contribution in [0.15, 0.2) is 4.90 Å². The Hall–Kier alpha value is -0.740. The predicted molar refractivity (Wildman–Crippen MR) is 77.0 cm³/mol. The number of benzene rings is 1. The highest BCUT2D eigenvalue weighted by atomic mass is 35.5. The number of fused-ring (bicyclic) bond motifs is 1. The van der Waals surface area contributed by atoms with Gasteiger partial charge in [0.25, 0.3) is 0 Å². The van der Waals surface area contributed by atoms with E-state index in [0.29, 0.717) is 0 Å². The molecule has 0 bridgehead atoms. The lowest BCUT2D eigenvalue weighted by Gasteiger charge is -2.14. The predicted octanol–water partition coefficient (Wildman–Crippen LogP) is 3.79. The molecule has 0 saturated heterocycles. The minimum absolute atomic E-state index is 0.345. The number of H-pyrrole nitrogens is 1. The molecule has 1 aromatic carbocycles. The maximum Gasteiger partial charge on any atom is 0.449 e. The van der Waals surface area contributed by atoms with Gasteiger partial charge in [-0.2, -0.15) is 13.2 Å². The molecule has 0 unspecified atom stereocenters. The summed E-state index contributed by atoms with van der Waals surface area (Å²) in [5, 5.41) is -1.22. The van der Waals surface area contributed by atoms with E-state index < -0.39 is 37.5 Å². The smallest absolute Gasteiger partial charge is 0.333 e. The normalized spacial score (nSPS) is 13.3. The second-order valence-corrected chi connectivity index (χ2v) is 7.59. The number of alkyl halides is 3. The number of aromatic amines is 1. The number of rotatable bonds is 2. The molecule has 0 aliphatic rings. The van der Waals surface area contributed by atoms with Gasteiger partial charge >= 0.3 is 6.18 Å². The summed E-state index contributed by atoms with van der Waals surface area (Å²) in [6.45, 7) is 0. The van der Waals surface area contributed by atoms with Crippen molar-refractivity contribution in [3.63, 3.8) is 0 Å². The van der Waals surface area contributed by atoms with E-state index in [1.54, 1.807) is 0 Å². The van der Waals surface area contributed by atoms with Crippen LogP contribution in [0.4, 0.5) is 13.2 Å². The summed E-state index contributed by atoms with van der Waals surface area (Å²) >= 11 is 17.5. The average molecular weight is 397 g/mol. The maximum atomic E-state index is 12.8. The zero-order valence-electron chi connectivity index (χ0n) is 10.9.